The molecule has 3 N–H and O–H groups in total. The zero-order valence-corrected chi connectivity index (χ0v) is 22.9. The average molecular weight is 548 g/mol. The van der Waals surface area contributed by atoms with Crippen molar-refractivity contribution in [2.45, 2.75) is 50.0 Å². The first-order chi connectivity index (χ1) is 17.9. The van der Waals surface area contributed by atoms with E-state index < -0.39 is 11.5 Å². The number of hydrogen-bond donors (Lipinski definition) is 3. The molecule has 6 nitrogen and oxygen atoms in total. The molecule has 4 rings (SSSR count). The van der Waals surface area contributed by atoms with Crippen LogP contribution in [0.25, 0.3) is 0 Å². The summed E-state index contributed by atoms with van der Waals surface area (Å²) < 4.78 is 0.644. The lowest BCUT2D eigenvalue weighted by atomic mass is 9.80. The largest absolute Gasteiger partial charge is 0.477 e. The number of benzene rings is 2. The fourth-order valence-corrected chi connectivity index (χ4v) is 6.66. The van der Waals surface area contributed by atoms with Crippen molar-refractivity contribution in [2.24, 2.45) is 0 Å². The van der Waals surface area contributed by atoms with Gasteiger partial charge in [0.25, 0.3) is 0 Å². The molecule has 2 aromatic carbocycles. The minimum Gasteiger partial charge on any atom is -0.477 e. The molecule has 0 aliphatic carbocycles. The SMILES string of the molecule is O=C(CNCC(CC[N+]1(C2(C(=O)O)CCNCC2)CCCCC1)c1ccc(Cl)c(Cl)c1)c1ccccc1. The number of piperidine rings is 2. The minimum atomic E-state index is -0.745. The number of rotatable bonds is 11. The minimum absolute atomic E-state index is 0.0487. The van der Waals surface area contributed by atoms with Gasteiger partial charge in [-0.1, -0.05) is 59.6 Å². The van der Waals surface area contributed by atoms with Crippen molar-refractivity contribution in [3.05, 3.63) is 69.7 Å². The van der Waals surface area contributed by atoms with Crippen LogP contribution in [0.3, 0.4) is 0 Å². The fraction of sp³-hybridized carbons (Fsp3) is 0.517. The summed E-state index contributed by atoms with van der Waals surface area (Å²) in [7, 11) is 0. The lowest BCUT2D eigenvalue weighted by Crippen LogP contribution is -2.72. The molecule has 0 aromatic heterocycles. The Hall–Kier alpha value is -1.96. The first-order valence-electron chi connectivity index (χ1n) is 13.4. The molecule has 1 unspecified atom stereocenters. The Labute approximate surface area is 229 Å². The fourth-order valence-electron chi connectivity index (χ4n) is 6.36. The number of ketones is 1. The number of aliphatic carboxylic acids is 1. The van der Waals surface area contributed by atoms with Crippen LogP contribution in [0, 0.1) is 0 Å². The summed E-state index contributed by atoms with van der Waals surface area (Å²) in [5, 5.41) is 18.3. The number of quaternary nitrogens is 1. The first-order valence-corrected chi connectivity index (χ1v) is 14.2. The topological polar surface area (TPSA) is 78.4 Å². The molecule has 2 aliphatic rings. The third-order valence-electron chi connectivity index (χ3n) is 8.50. The van der Waals surface area contributed by atoms with Gasteiger partial charge in [0.1, 0.15) is 0 Å². The van der Waals surface area contributed by atoms with Crippen molar-refractivity contribution in [2.75, 3.05) is 45.8 Å². The standard InChI is InChI=1S/C29H37Cl2N3O3/c30-25-10-9-23(19-26(25)31)24(20-33-21-27(35)22-7-3-1-4-8-22)11-18-34(16-5-2-6-17-34)29(28(36)37)12-14-32-15-13-29/h1,3-4,7-10,19,24,32-33H,2,5-6,11-18,20-21H2/p+1. The second-order valence-electron chi connectivity index (χ2n) is 10.5. The number of carboxylic acid groups (broad SMARTS) is 1. The number of Topliss-reactive ketones (excluding diaryl/α,β-unsaturated/α-hetero) is 1. The molecule has 0 spiro atoms. The van der Waals surface area contributed by atoms with Gasteiger partial charge in [-0.3, -0.25) is 4.79 Å². The number of nitrogens with zero attached hydrogens (tertiary/aromatic N) is 1. The summed E-state index contributed by atoms with van der Waals surface area (Å²) in [6.07, 6.45) is 5.39. The Morgan fingerprint density at radius 2 is 1.70 bits per heavy atom. The molecular formula is C29H38Cl2N3O3+. The van der Waals surface area contributed by atoms with Gasteiger partial charge in [0, 0.05) is 50.4 Å². The Kier molecular flexibility index (Phi) is 9.65. The molecule has 2 aromatic rings. The number of halogens is 2. The first kappa shape index (κ1) is 28.1. The second kappa shape index (κ2) is 12.7. The van der Waals surface area contributed by atoms with Crippen LogP contribution in [0.1, 0.15) is 60.4 Å². The van der Waals surface area contributed by atoms with Gasteiger partial charge in [-0.05, 0) is 37.0 Å². The van der Waals surface area contributed by atoms with E-state index in [2.05, 4.69) is 10.6 Å². The van der Waals surface area contributed by atoms with Gasteiger partial charge in [-0.2, -0.15) is 0 Å². The van der Waals surface area contributed by atoms with Gasteiger partial charge >= 0.3 is 5.97 Å². The summed E-state index contributed by atoms with van der Waals surface area (Å²) in [5.41, 5.74) is 0.997. The summed E-state index contributed by atoms with van der Waals surface area (Å²) in [6.45, 7) is 4.91. The Morgan fingerprint density at radius 1 is 1.00 bits per heavy atom. The molecule has 2 fully saturated rings. The van der Waals surface area contributed by atoms with E-state index in [0.717, 1.165) is 64.0 Å². The summed E-state index contributed by atoms with van der Waals surface area (Å²) in [5.74, 6) is -0.538. The predicted molar refractivity (Wildman–Crippen MR) is 149 cm³/mol. The van der Waals surface area contributed by atoms with Crippen LogP contribution in [0.4, 0.5) is 0 Å². The molecule has 2 aliphatic heterocycles. The third kappa shape index (κ3) is 6.37. The van der Waals surface area contributed by atoms with Crippen molar-refractivity contribution >= 4 is 35.0 Å². The van der Waals surface area contributed by atoms with Crippen LogP contribution < -0.4 is 10.6 Å². The lowest BCUT2D eigenvalue weighted by Gasteiger charge is -2.54. The number of carbonyl (C=O) groups is 2. The van der Waals surface area contributed by atoms with Gasteiger partial charge in [0.05, 0.1) is 36.2 Å². The highest BCUT2D eigenvalue weighted by atomic mass is 35.5. The number of carbonyl (C=O) groups excluding carboxylic acids is 1. The predicted octanol–water partition coefficient (Wildman–Crippen LogP) is 5.15. The average Bonchev–Trinajstić information content (AvgIpc) is 2.93. The van der Waals surface area contributed by atoms with Crippen molar-refractivity contribution in [3.8, 4) is 0 Å². The highest BCUT2D eigenvalue weighted by Gasteiger charge is 2.57. The maximum Gasteiger partial charge on any atom is 0.365 e. The van der Waals surface area contributed by atoms with E-state index in [1.165, 1.54) is 0 Å². The van der Waals surface area contributed by atoms with Crippen LogP contribution in [0.2, 0.25) is 10.0 Å². The zero-order valence-electron chi connectivity index (χ0n) is 21.4. The van der Waals surface area contributed by atoms with Crippen LogP contribution in [-0.2, 0) is 4.79 Å². The molecule has 37 heavy (non-hydrogen) atoms. The number of likely N-dealkylation sites (tertiary alicyclic amines) is 1. The molecule has 8 heteroatoms. The lowest BCUT2D eigenvalue weighted by molar-refractivity contribution is -0.972. The molecule has 0 saturated carbocycles. The maximum absolute atomic E-state index is 12.8. The summed E-state index contributed by atoms with van der Waals surface area (Å²) >= 11 is 12.6. The second-order valence-corrected chi connectivity index (χ2v) is 11.4. The highest BCUT2D eigenvalue weighted by molar-refractivity contribution is 6.42. The molecule has 0 bridgehead atoms. The number of hydrogen-bond acceptors (Lipinski definition) is 4. The van der Waals surface area contributed by atoms with E-state index in [0.29, 0.717) is 39.5 Å². The molecule has 2 heterocycles. The van der Waals surface area contributed by atoms with Crippen molar-refractivity contribution < 1.29 is 19.2 Å². The summed E-state index contributed by atoms with van der Waals surface area (Å²) in [4.78, 5) is 25.5. The van der Waals surface area contributed by atoms with E-state index in [1.54, 1.807) is 0 Å². The highest BCUT2D eigenvalue weighted by Crippen LogP contribution is 2.39. The van der Waals surface area contributed by atoms with Crippen molar-refractivity contribution in [3.63, 3.8) is 0 Å². The zero-order chi connectivity index (χ0) is 26.3. The maximum atomic E-state index is 12.8. The van der Waals surface area contributed by atoms with Gasteiger partial charge in [-0.15, -0.1) is 0 Å². The number of nitrogens with one attached hydrogen (secondary N) is 2. The van der Waals surface area contributed by atoms with E-state index in [4.69, 9.17) is 23.2 Å². The molecule has 200 valence electrons. The van der Waals surface area contributed by atoms with Crippen LogP contribution in [-0.4, -0.2) is 72.7 Å². The summed E-state index contributed by atoms with van der Waals surface area (Å²) in [6, 6.07) is 15.0. The van der Waals surface area contributed by atoms with Crippen LogP contribution in [0.5, 0.6) is 0 Å². The molecule has 1 atom stereocenters. The molecular weight excluding hydrogens is 509 g/mol. The van der Waals surface area contributed by atoms with E-state index in [9.17, 15) is 14.7 Å². The van der Waals surface area contributed by atoms with E-state index >= 15 is 0 Å². The molecule has 0 amide bonds. The normalized spacial score (nSPS) is 19.7. The molecule has 0 radical (unpaired) electrons. The van der Waals surface area contributed by atoms with Gasteiger partial charge < -0.3 is 20.2 Å². The van der Waals surface area contributed by atoms with E-state index in [1.807, 2.05) is 48.5 Å². The monoisotopic (exact) mass is 546 g/mol. The smallest absolute Gasteiger partial charge is 0.365 e. The Morgan fingerprint density at radius 3 is 2.35 bits per heavy atom. The van der Waals surface area contributed by atoms with Gasteiger partial charge in [-0.25, -0.2) is 4.79 Å². The van der Waals surface area contributed by atoms with Gasteiger partial charge in [0.15, 0.2) is 11.3 Å². The van der Waals surface area contributed by atoms with Crippen molar-refractivity contribution in [1.82, 2.24) is 10.6 Å². The Balaban J connectivity index is 1.54. The van der Waals surface area contributed by atoms with Crippen LogP contribution in [0.15, 0.2) is 48.5 Å². The van der Waals surface area contributed by atoms with E-state index in [-0.39, 0.29) is 18.2 Å². The quantitative estimate of drug-likeness (QED) is 0.268. The number of carboxylic acids is 1. The molecule has 2 saturated heterocycles. The third-order valence-corrected chi connectivity index (χ3v) is 9.24. The van der Waals surface area contributed by atoms with Gasteiger partial charge in [0.2, 0.25) is 0 Å². The van der Waals surface area contributed by atoms with Crippen molar-refractivity contribution in [1.29, 1.82) is 0 Å². The Bertz CT molecular complexity index is 1070. The van der Waals surface area contributed by atoms with Crippen LogP contribution >= 0.6 is 23.2 Å².